The van der Waals surface area contributed by atoms with Gasteiger partial charge in [0.2, 0.25) is 17.7 Å². The SMILES string of the molecule is CC(C)(C)[C@@H](NCC[C@H](N[C@@H](CC(N)=O)C(=O)O)C(=O)NCCNC(=O)CN1C(=O)C=CC1=O)c1cc(-c2cc(F)ccc2F)cn1Cc1ccccc1.OCCO. The average Bonchev–Trinajstić information content (AvgIpc) is 3.72. The Labute approximate surface area is 334 Å². The van der Waals surface area contributed by atoms with Gasteiger partial charge in [0.25, 0.3) is 11.8 Å². The van der Waals surface area contributed by atoms with E-state index in [1.54, 1.807) is 12.3 Å². The number of halogens is 2. The van der Waals surface area contributed by atoms with E-state index in [0.29, 0.717) is 12.1 Å². The lowest BCUT2D eigenvalue weighted by Crippen LogP contribution is -2.53. The second-order valence-electron chi connectivity index (χ2n) is 14.4. The molecule has 0 saturated carbocycles. The summed E-state index contributed by atoms with van der Waals surface area (Å²) in [6.45, 7) is 5.64. The Morgan fingerprint density at radius 2 is 1.50 bits per heavy atom. The first-order chi connectivity index (χ1) is 27.4. The quantitative estimate of drug-likeness (QED) is 0.0590. The molecule has 314 valence electrons. The fourth-order valence-corrected chi connectivity index (χ4v) is 6.03. The summed E-state index contributed by atoms with van der Waals surface area (Å²) in [5.74, 6) is -5.94. The van der Waals surface area contributed by atoms with Crippen molar-refractivity contribution in [3.63, 3.8) is 0 Å². The highest BCUT2D eigenvalue weighted by Crippen LogP contribution is 2.37. The summed E-state index contributed by atoms with van der Waals surface area (Å²) in [5.41, 5.74) is 7.08. The standard InChI is InChI=1S/C38H45F2N7O7.C2H6O2/c1-38(2,3)35(30-17-24(26-18-25(39)9-10-27(26)40)21-46(30)20-23-7-5-4-6-8-23)43-14-13-28(45-29(37(53)54)19-31(41)48)36(52)44-16-15-42-32(49)22-47-33(50)11-12-34(47)51;3-1-2-4/h4-12,17-18,21,28-29,35,43,45H,13-16,19-20,22H2,1-3H3,(H2,41,48)(H,42,49)(H,44,52)(H,53,54);3-4H,1-2H2/t28-,29-,35-;/m0./s1. The second-order valence-corrected chi connectivity index (χ2v) is 14.4. The first-order valence-electron chi connectivity index (χ1n) is 18.4. The zero-order chi connectivity index (χ0) is 43.0. The van der Waals surface area contributed by atoms with E-state index in [1.807, 2.05) is 55.7 Å². The maximum absolute atomic E-state index is 15.0. The van der Waals surface area contributed by atoms with Gasteiger partial charge in [-0.25, -0.2) is 8.78 Å². The van der Waals surface area contributed by atoms with Gasteiger partial charge in [-0.05, 0) is 48.2 Å². The number of aliphatic hydroxyl groups is 2. The van der Waals surface area contributed by atoms with Crippen LogP contribution in [0, 0.1) is 17.0 Å². The molecule has 1 aromatic heterocycles. The number of aromatic nitrogens is 1. The Morgan fingerprint density at radius 1 is 0.862 bits per heavy atom. The van der Waals surface area contributed by atoms with Crippen molar-refractivity contribution in [3.8, 4) is 11.1 Å². The number of primary amides is 1. The Balaban J connectivity index is 0.00000215. The number of hydrogen-bond acceptors (Lipinski definition) is 10. The zero-order valence-corrected chi connectivity index (χ0v) is 32.5. The lowest BCUT2D eigenvalue weighted by Gasteiger charge is -2.33. The number of nitrogens with zero attached hydrogens (tertiary/aromatic N) is 2. The number of nitrogens with two attached hydrogens (primary N) is 1. The number of imide groups is 1. The van der Waals surface area contributed by atoms with E-state index in [2.05, 4.69) is 21.3 Å². The molecular weight excluding hydrogens is 760 g/mol. The number of benzene rings is 2. The maximum Gasteiger partial charge on any atom is 0.321 e. The molecule has 0 aliphatic carbocycles. The van der Waals surface area contributed by atoms with E-state index in [0.717, 1.165) is 46.5 Å². The Morgan fingerprint density at radius 3 is 2.09 bits per heavy atom. The van der Waals surface area contributed by atoms with Gasteiger partial charge in [-0.15, -0.1) is 0 Å². The predicted molar refractivity (Wildman–Crippen MR) is 208 cm³/mol. The van der Waals surface area contributed by atoms with Gasteiger partial charge in [0.05, 0.1) is 31.7 Å². The molecule has 4 rings (SSSR count). The molecule has 58 heavy (non-hydrogen) atoms. The van der Waals surface area contributed by atoms with Crippen LogP contribution in [0.4, 0.5) is 8.78 Å². The number of nitrogens with one attached hydrogen (secondary N) is 4. The van der Waals surface area contributed by atoms with E-state index < -0.39 is 83.6 Å². The van der Waals surface area contributed by atoms with E-state index in [4.69, 9.17) is 15.9 Å². The molecule has 1 aliphatic rings. The first-order valence-corrected chi connectivity index (χ1v) is 18.4. The summed E-state index contributed by atoms with van der Waals surface area (Å²) in [6, 6.07) is 11.6. The zero-order valence-electron chi connectivity index (χ0n) is 32.5. The van der Waals surface area contributed by atoms with Crippen molar-refractivity contribution in [2.24, 2.45) is 11.1 Å². The van der Waals surface area contributed by atoms with Crippen molar-refractivity contribution in [1.82, 2.24) is 30.7 Å². The minimum absolute atomic E-state index is 0.0320. The Hall–Kier alpha value is -5.82. The van der Waals surface area contributed by atoms with Crippen LogP contribution >= 0.6 is 0 Å². The van der Waals surface area contributed by atoms with Crippen molar-refractivity contribution in [2.45, 2.75) is 58.3 Å². The number of amides is 5. The predicted octanol–water partition coefficient (Wildman–Crippen LogP) is 0.964. The van der Waals surface area contributed by atoms with Gasteiger partial charge in [0.15, 0.2) is 0 Å². The maximum atomic E-state index is 15.0. The van der Waals surface area contributed by atoms with Gasteiger partial charge in [0, 0.05) is 54.8 Å². The number of carboxylic acid groups (broad SMARTS) is 1. The van der Waals surface area contributed by atoms with Crippen LogP contribution in [0.1, 0.15) is 50.9 Å². The molecule has 2 heterocycles. The van der Waals surface area contributed by atoms with Crippen LogP contribution in [0.15, 0.2) is 72.9 Å². The van der Waals surface area contributed by atoms with Crippen molar-refractivity contribution < 1.29 is 52.9 Å². The Kier molecular flexibility index (Phi) is 17.8. The van der Waals surface area contributed by atoms with Gasteiger partial charge >= 0.3 is 5.97 Å². The number of carboxylic acids is 1. The highest BCUT2D eigenvalue weighted by Gasteiger charge is 2.32. The molecule has 3 aromatic rings. The van der Waals surface area contributed by atoms with Gasteiger partial charge < -0.3 is 41.6 Å². The van der Waals surface area contributed by atoms with Crippen LogP contribution in [0.25, 0.3) is 11.1 Å². The highest BCUT2D eigenvalue weighted by molar-refractivity contribution is 6.14. The summed E-state index contributed by atoms with van der Waals surface area (Å²) in [4.78, 5) is 73.5. The molecule has 16 nitrogen and oxygen atoms in total. The van der Waals surface area contributed by atoms with E-state index in [1.165, 1.54) is 0 Å². The summed E-state index contributed by atoms with van der Waals surface area (Å²) >= 11 is 0. The second kappa shape index (κ2) is 22.2. The van der Waals surface area contributed by atoms with Crippen LogP contribution in [0.5, 0.6) is 0 Å². The van der Waals surface area contributed by atoms with Gasteiger partial charge in [-0.1, -0.05) is 51.1 Å². The third kappa shape index (κ3) is 14.3. The van der Waals surface area contributed by atoms with Crippen molar-refractivity contribution in [3.05, 3.63) is 95.8 Å². The van der Waals surface area contributed by atoms with Crippen LogP contribution in [-0.2, 0) is 35.3 Å². The normalized spacial score (nSPS) is 14.0. The fourth-order valence-electron chi connectivity index (χ4n) is 6.03. The molecular formula is C40H51F2N7O9. The van der Waals surface area contributed by atoms with Gasteiger partial charge in [0.1, 0.15) is 24.2 Å². The van der Waals surface area contributed by atoms with Gasteiger partial charge in [-0.3, -0.25) is 39.0 Å². The topological polar surface area (TPSA) is 245 Å². The Bertz CT molecular complexity index is 1910. The first kappa shape index (κ1) is 46.6. The molecule has 3 atom stereocenters. The van der Waals surface area contributed by atoms with Crippen molar-refractivity contribution in [2.75, 3.05) is 39.4 Å². The summed E-state index contributed by atoms with van der Waals surface area (Å²) < 4.78 is 31.2. The third-order valence-electron chi connectivity index (χ3n) is 8.78. The lowest BCUT2D eigenvalue weighted by atomic mass is 9.84. The number of carbonyl (C=O) groups is 6. The summed E-state index contributed by atoms with van der Waals surface area (Å²) in [6.07, 6.45) is 3.32. The molecule has 0 spiro atoms. The number of rotatable bonds is 20. The van der Waals surface area contributed by atoms with Crippen LogP contribution < -0.4 is 27.0 Å². The summed E-state index contributed by atoms with van der Waals surface area (Å²) in [7, 11) is 0. The van der Waals surface area contributed by atoms with Crippen molar-refractivity contribution >= 4 is 35.5 Å². The third-order valence-corrected chi connectivity index (χ3v) is 8.78. The molecule has 0 fully saturated rings. The molecule has 1 aliphatic heterocycles. The summed E-state index contributed by atoms with van der Waals surface area (Å²) in [5, 5.41) is 36.3. The van der Waals surface area contributed by atoms with Crippen LogP contribution in [0.2, 0.25) is 0 Å². The van der Waals surface area contributed by atoms with Crippen LogP contribution in [0.3, 0.4) is 0 Å². The van der Waals surface area contributed by atoms with E-state index >= 15 is 0 Å². The molecule has 0 radical (unpaired) electrons. The number of aliphatic carboxylic acids is 1. The molecule has 0 unspecified atom stereocenters. The monoisotopic (exact) mass is 811 g/mol. The van der Waals surface area contributed by atoms with Crippen LogP contribution in [-0.4, -0.2) is 112 Å². The van der Waals surface area contributed by atoms with E-state index in [-0.39, 0.29) is 44.8 Å². The molecule has 18 heteroatoms. The van der Waals surface area contributed by atoms with E-state index in [9.17, 15) is 42.7 Å². The molecule has 0 saturated heterocycles. The van der Waals surface area contributed by atoms with Gasteiger partial charge in [-0.2, -0.15) is 0 Å². The number of hydrogen-bond donors (Lipinski definition) is 8. The molecule has 2 aromatic carbocycles. The highest BCUT2D eigenvalue weighted by atomic mass is 19.1. The fraction of sp³-hybridized carbons (Fsp3) is 0.400. The van der Waals surface area contributed by atoms with Crippen molar-refractivity contribution in [1.29, 1.82) is 0 Å². The minimum Gasteiger partial charge on any atom is -0.480 e. The largest absolute Gasteiger partial charge is 0.480 e. The smallest absolute Gasteiger partial charge is 0.321 e. The minimum atomic E-state index is -1.48. The molecule has 5 amide bonds. The average molecular weight is 812 g/mol. The molecule has 9 N–H and O–H groups in total. The lowest BCUT2D eigenvalue weighted by molar-refractivity contribution is -0.142. The number of aliphatic hydroxyl groups excluding tert-OH is 2. The number of carbonyl (C=O) groups excluding carboxylic acids is 5. The molecule has 0 bridgehead atoms.